The molecule has 1 aromatic carbocycles. The van der Waals surface area contributed by atoms with Gasteiger partial charge in [-0.2, -0.15) is 0 Å². The van der Waals surface area contributed by atoms with Gasteiger partial charge in [-0.15, -0.1) is 0 Å². The Bertz CT molecular complexity index is 621. The topological polar surface area (TPSA) is 77.2 Å². The monoisotopic (exact) mass is 269 g/mol. The number of anilines is 2. The number of hydrogen-bond acceptors (Lipinski definition) is 4. The first-order valence-electron chi connectivity index (χ1n) is 6.02. The molecule has 5 nitrogen and oxygen atoms in total. The van der Waals surface area contributed by atoms with Gasteiger partial charge in [0.2, 0.25) is 11.8 Å². The second-order valence-electron chi connectivity index (χ2n) is 4.05. The molecule has 2 rings (SSSR count). The number of nitrogens with one attached hydrogen (secondary N) is 1. The van der Waals surface area contributed by atoms with Crippen molar-refractivity contribution in [1.82, 2.24) is 4.98 Å². The zero-order valence-corrected chi connectivity index (χ0v) is 11.0. The van der Waals surface area contributed by atoms with Crippen LogP contribution in [0.15, 0.2) is 48.7 Å². The summed E-state index contributed by atoms with van der Waals surface area (Å²) in [6, 6.07) is 10.7. The van der Waals surface area contributed by atoms with E-state index < -0.39 is 0 Å². The number of pyridine rings is 1. The van der Waals surface area contributed by atoms with Gasteiger partial charge in [0.1, 0.15) is 5.69 Å². The van der Waals surface area contributed by atoms with E-state index in [1.807, 2.05) is 12.1 Å². The minimum absolute atomic E-state index is 0.256. The normalized spacial score (nSPS) is 10.4. The summed E-state index contributed by atoms with van der Waals surface area (Å²) in [7, 11) is 1.50. The van der Waals surface area contributed by atoms with Crippen LogP contribution in [0.1, 0.15) is 5.56 Å². The van der Waals surface area contributed by atoms with Crippen molar-refractivity contribution in [3.05, 3.63) is 54.2 Å². The predicted molar refractivity (Wildman–Crippen MR) is 79.3 cm³/mol. The molecular weight excluding hydrogens is 254 g/mol. The Morgan fingerprint density at radius 3 is 2.75 bits per heavy atom. The molecule has 1 aromatic heterocycles. The highest BCUT2D eigenvalue weighted by Crippen LogP contribution is 2.19. The number of ether oxygens (including phenoxy) is 1. The lowest BCUT2D eigenvalue weighted by atomic mass is 10.2. The van der Waals surface area contributed by atoms with Crippen molar-refractivity contribution in [3.63, 3.8) is 0 Å². The third-order valence-electron chi connectivity index (χ3n) is 2.59. The maximum absolute atomic E-state index is 11.8. The van der Waals surface area contributed by atoms with E-state index in [4.69, 9.17) is 10.5 Å². The van der Waals surface area contributed by atoms with Crippen LogP contribution in [0.25, 0.3) is 6.08 Å². The van der Waals surface area contributed by atoms with Crippen LogP contribution in [0.2, 0.25) is 0 Å². The Hall–Kier alpha value is -2.82. The summed E-state index contributed by atoms with van der Waals surface area (Å²) in [5.74, 6) is 0.120. The number of aromatic nitrogens is 1. The van der Waals surface area contributed by atoms with E-state index in [-0.39, 0.29) is 5.91 Å². The fourth-order valence-corrected chi connectivity index (χ4v) is 1.60. The Kier molecular flexibility index (Phi) is 4.34. The van der Waals surface area contributed by atoms with Crippen LogP contribution in [-0.2, 0) is 4.79 Å². The molecule has 5 heteroatoms. The second-order valence-corrected chi connectivity index (χ2v) is 4.05. The molecule has 1 amide bonds. The van der Waals surface area contributed by atoms with Gasteiger partial charge in [0.05, 0.1) is 7.11 Å². The van der Waals surface area contributed by atoms with Crippen molar-refractivity contribution in [2.45, 2.75) is 0 Å². The zero-order chi connectivity index (χ0) is 14.4. The number of nitrogens with two attached hydrogens (primary N) is 1. The van der Waals surface area contributed by atoms with Gasteiger partial charge in [-0.25, -0.2) is 4.98 Å². The van der Waals surface area contributed by atoms with Gasteiger partial charge in [0.15, 0.2) is 0 Å². The van der Waals surface area contributed by atoms with E-state index in [1.165, 1.54) is 13.2 Å². The van der Waals surface area contributed by atoms with Crippen molar-refractivity contribution < 1.29 is 9.53 Å². The maximum Gasteiger partial charge on any atom is 0.248 e. The van der Waals surface area contributed by atoms with Gasteiger partial charge < -0.3 is 15.8 Å². The molecule has 0 aliphatic heterocycles. The van der Waals surface area contributed by atoms with Gasteiger partial charge in [-0.3, -0.25) is 4.79 Å². The maximum atomic E-state index is 11.8. The predicted octanol–water partition coefficient (Wildman–Crippen LogP) is 2.32. The van der Waals surface area contributed by atoms with Gasteiger partial charge >= 0.3 is 0 Å². The summed E-state index contributed by atoms with van der Waals surface area (Å²) in [4.78, 5) is 15.8. The third-order valence-corrected chi connectivity index (χ3v) is 2.59. The first kappa shape index (κ1) is 13.6. The van der Waals surface area contributed by atoms with Gasteiger partial charge in [-0.1, -0.05) is 12.1 Å². The Balaban J connectivity index is 2.03. The molecule has 0 saturated heterocycles. The van der Waals surface area contributed by atoms with Crippen molar-refractivity contribution in [3.8, 4) is 5.88 Å². The molecule has 2 aromatic rings. The van der Waals surface area contributed by atoms with E-state index in [1.54, 1.807) is 36.5 Å². The SMILES string of the molecule is COc1ncccc1NC(=O)/C=C/c1ccc(N)cc1. The lowest BCUT2D eigenvalue weighted by Gasteiger charge is -2.06. The molecule has 1 heterocycles. The summed E-state index contributed by atoms with van der Waals surface area (Å²) in [6.07, 6.45) is 4.74. The van der Waals surface area contributed by atoms with Gasteiger partial charge in [-0.05, 0) is 35.9 Å². The van der Waals surface area contributed by atoms with Crippen LogP contribution in [0, 0.1) is 0 Å². The third kappa shape index (κ3) is 3.58. The van der Waals surface area contributed by atoms with Crippen molar-refractivity contribution in [2.75, 3.05) is 18.2 Å². The van der Waals surface area contributed by atoms with Crippen LogP contribution < -0.4 is 15.8 Å². The number of benzene rings is 1. The minimum atomic E-state index is -0.256. The van der Waals surface area contributed by atoms with E-state index >= 15 is 0 Å². The van der Waals surface area contributed by atoms with E-state index in [0.29, 0.717) is 17.3 Å². The van der Waals surface area contributed by atoms with E-state index in [9.17, 15) is 4.79 Å². The molecule has 0 saturated carbocycles. The fourth-order valence-electron chi connectivity index (χ4n) is 1.60. The molecule has 0 aliphatic carbocycles. The standard InChI is InChI=1S/C15H15N3O2/c1-20-15-13(3-2-10-17-15)18-14(19)9-6-11-4-7-12(16)8-5-11/h2-10H,16H2,1H3,(H,18,19)/b9-6+. The smallest absolute Gasteiger partial charge is 0.248 e. The number of carbonyl (C=O) groups is 1. The molecule has 0 atom stereocenters. The van der Waals surface area contributed by atoms with E-state index in [2.05, 4.69) is 10.3 Å². The highest BCUT2D eigenvalue weighted by atomic mass is 16.5. The molecule has 0 spiro atoms. The first-order chi connectivity index (χ1) is 9.69. The Morgan fingerprint density at radius 2 is 2.05 bits per heavy atom. The zero-order valence-electron chi connectivity index (χ0n) is 11.0. The molecule has 3 N–H and O–H groups in total. The highest BCUT2D eigenvalue weighted by molar-refractivity contribution is 6.02. The quantitative estimate of drug-likeness (QED) is 0.659. The lowest BCUT2D eigenvalue weighted by Crippen LogP contribution is -2.09. The molecule has 0 bridgehead atoms. The molecule has 0 radical (unpaired) electrons. The summed E-state index contributed by atoms with van der Waals surface area (Å²) in [5, 5.41) is 2.71. The molecule has 0 unspecified atom stereocenters. The first-order valence-corrected chi connectivity index (χ1v) is 6.02. The minimum Gasteiger partial charge on any atom is -0.480 e. The fraction of sp³-hybridized carbons (Fsp3) is 0.0667. The average Bonchev–Trinajstić information content (AvgIpc) is 2.47. The van der Waals surface area contributed by atoms with Crippen LogP contribution >= 0.6 is 0 Å². The molecule has 102 valence electrons. The Morgan fingerprint density at radius 1 is 1.30 bits per heavy atom. The number of hydrogen-bond donors (Lipinski definition) is 2. The van der Waals surface area contributed by atoms with Crippen LogP contribution in [0.4, 0.5) is 11.4 Å². The van der Waals surface area contributed by atoms with E-state index in [0.717, 1.165) is 5.56 Å². The number of amides is 1. The number of nitrogens with zero attached hydrogens (tertiary/aromatic N) is 1. The molecule has 20 heavy (non-hydrogen) atoms. The largest absolute Gasteiger partial charge is 0.480 e. The van der Waals surface area contributed by atoms with Crippen LogP contribution in [0.3, 0.4) is 0 Å². The number of rotatable bonds is 4. The number of methoxy groups -OCH3 is 1. The number of nitrogen functional groups attached to an aromatic ring is 1. The van der Waals surface area contributed by atoms with Crippen molar-refractivity contribution in [2.24, 2.45) is 0 Å². The number of carbonyl (C=O) groups excluding carboxylic acids is 1. The molecule has 0 fully saturated rings. The summed E-state index contributed by atoms with van der Waals surface area (Å²) < 4.78 is 5.06. The summed E-state index contributed by atoms with van der Waals surface area (Å²) in [5.41, 5.74) is 7.70. The summed E-state index contributed by atoms with van der Waals surface area (Å²) in [6.45, 7) is 0. The Labute approximate surface area is 117 Å². The van der Waals surface area contributed by atoms with Crippen LogP contribution in [0.5, 0.6) is 5.88 Å². The second kappa shape index (κ2) is 6.38. The van der Waals surface area contributed by atoms with Crippen molar-refractivity contribution in [1.29, 1.82) is 0 Å². The van der Waals surface area contributed by atoms with Crippen molar-refractivity contribution >= 4 is 23.4 Å². The average molecular weight is 269 g/mol. The van der Waals surface area contributed by atoms with Gasteiger partial charge in [0.25, 0.3) is 0 Å². The van der Waals surface area contributed by atoms with Gasteiger partial charge in [0, 0.05) is 18.0 Å². The summed E-state index contributed by atoms with van der Waals surface area (Å²) >= 11 is 0. The molecular formula is C15H15N3O2. The molecule has 0 aliphatic rings. The van der Waals surface area contributed by atoms with Crippen LogP contribution in [-0.4, -0.2) is 18.0 Å². The lowest BCUT2D eigenvalue weighted by molar-refractivity contribution is -0.111. The highest BCUT2D eigenvalue weighted by Gasteiger charge is 2.05.